The van der Waals surface area contributed by atoms with Crippen LogP contribution in [0.1, 0.15) is 18.0 Å². The molecule has 3 N–H and O–H groups in total. The highest BCUT2D eigenvalue weighted by molar-refractivity contribution is 5.71. The van der Waals surface area contributed by atoms with Crippen LogP contribution in [-0.4, -0.2) is 35.9 Å². The van der Waals surface area contributed by atoms with E-state index in [0.717, 1.165) is 0 Å². The molecule has 0 saturated carbocycles. The van der Waals surface area contributed by atoms with Crippen molar-refractivity contribution in [2.45, 2.75) is 12.5 Å². The number of phenolic OH excluding ortho intramolecular Hbond substituents is 1. The van der Waals surface area contributed by atoms with Gasteiger partial charge in [-0.1, -0.05) is 0 Å². The van der Waals surface area contributed by atoms with Crippen molar-refractivity contribution in [3.8, 4) is 17.2 Å². The molecule has 1 aromatic carbocycles. The molecule has 1 fully saturated rings. The molecule has 0 aliphatic carbocycles. The minimum atomic E-state index is -0.813. The Balaban J connectivity index is 1.87. The van der Waals surface area contributed by atoms with Crippen molar-refractivity contribution >= 4 is 5.97 Å². The van der Waals surface area contributed by atoms with E-state index >= 15 is 0 Å². The van der Waals surface area contributed by atoms with Gasteiger partial charge in [-0.25, -0.2) is 0 Å². The normalized spacial score (nSPS) is 25.3. The standard InChI is InChI=1S/C13H15NO5/c15-10-5-12-11(18-1-2-19-12)4-8(10)9-3-7(6-14-9)13(16)17/h4-5,7,9,14-15H,1-3,6H2,(H,16,17). The minimum Gasteiger partial charge on any atom is -0.507 e. The summed E-state index contributed by atoms with van der Waals surface area (Å²) in [6.45, 7) is 1.36. The zero-order chi connectivity index (χ0) is 13.4. The van der Waals surface area contributed by atoms with E-state index in [2.05, 4.69) is 5.32 Å². The number of carboxylic acids is 1. The monoisotopic (exact) mass is 265 g/mol. The van der Waals surface area contributed by atoms with Gasteiger partial charge in [-0.15, -0.1) is 0 Å². The molecule has 19 heavy (non-hydrogen) atoms. The largest absolute Gasteiger partial charge is 0.507 e. The first-order chi connectivity index (χ1) is 9.15. The van der Waals surface area contributed by atoms with Crippen molar-refractivity contribution in [2.24, 2.45) is 5.92 Å². The van der Waals surface area contributed by atoms with Crippen LogP contribution in [0.3, 0.4) is 0 Å². The predicted octanol–water partition coefficient (Wildman–Crippen LogP) is 0.899. The summed E-state index contributed by atoms with van der Waals surface area (Å²) in [6.07, 6.45) is 0.461. The van der Waals surface area contributed by atoms with Crippen molar-refractivity contribution < 1.29 is 24.5 Å². The fourth-order valence-electron chi connectivity index (χ4n) is 2.53. The summed E-state index contributed by atoms with van der Waals surface area (Å²) < 4.78 is 10.9. The molecular formula is C13H15NO5. The van der Waals surface area contributed by atoms with E-state index in [9.17, 15) is 9.90 Å². The molecular weight excluding hydrogens is 250 g/mol. The number of benzene rings is 1. The molecule has 2 heterocycles. The Morgan fingerprint density at radius 1 is 1.26 bits per heavy atom. The number of ether oxygens (including phenoxy) is 2. The summed E-state index contributed by atoms with van der Waals surface area (Å²) in [6, 6.07) is 3.09. The molecule has 3 rings (SSSR count). The number of fused-ring (bicyclic) bond motifs is 1. The average molecular weight is 265 g/mol. The summed E-state index contributed by atoms with van der Waals surface area (Å²) in [5.74, 6) is -0.00247. The summed E-state index contributed by atoms with van der Waals surface area (Å²) in [7, 11) is 0. The first-order valence-corrected chi connectivity index (χ1v) is 6.24. The quantitative estimate of drug-likeness (QED) is 0.736. The van der Waals surface area contributed by atoms with Crippen LogP contribution in [0.2, 0.25) is 0 Å². The van der Waals surface area contributed by atoms with Crippen LogP contribution in [-0.2, 0) is 4.79 Å². The van der Waals surface area contributed by atoms with Crippen LogP contribution in [0.4, 0.5) is 0 Å². The van der Waals surface area contributed by atoms with Gasteiger partial charge in [0, 0.05) is 24.2 Å². The first kappa shape index (κ1) is 12.1. The molecule has 2 atom stereocenters. The molecule has 2 aliphatic heterocycles. The third kappa shape index (κ3) is 2.19. The molecule has 0 aromatic heterocycles. The van der Waals surface area contributed by atoms with Crippen molar-refractivity contribution in [3.63, 3.8) is 0 Å². The summed E-state index contributed by atoms with van der Waals surface area (Å²) in [5, 5.41) is 22.1. The number of rotatable bonds is 2. The van der Waals surface area contributed by atoms with Crippen LogP contribution in [0, 0.1) is 5.92 Å². The van der Waals surface area contributed by atoms with Crippen molar-refractivity contribution in [1.82, 2.24) is 5.32 Å². The second-order valence-corrected chi connectivity index (χ2v) is 4.79. The molecule has 1 aromatic rings. The zero-order valence-corrected chi connectivity index (χ0v) is 10.3. The number of carboxylic acid groups (broad SMARTS) is 1. The lowest BCUT2D eigenvalue weighted by Gasteiger charge is -2.21. The zero-order valence-electron chi connectivity index (χ0n) is 10.3. The maximum Gasteiger partial charge on any atom is 0.307 e. The summed E-state index contributed by atoms with van der Waals surface area (Å²) in [5.41, 5.74) is 0.660. The Morgan fingerprint density at radius 3 is 2.58 bits per heavy atom. The van der Waals surface area contributed by atoms with Gasteiger partial charge in [0.2, 0.25) is 0 Å². The van der Waals surface area contributed by atoms with Crippen molar-refractivity contribution in [1.29, 1.82) is 0 Å². The maximum absolute atomic E-state index is 10.9. The highest BCUT2D eigenvalue weighted by Gasteiger charge is 2.32. The summed E-state index contributed by atoms with van der Waals surface area (Å²) >= 11 is 0. The number of aromatic hydroxyl groups is 1. The number of hydrogen-bond acceptors (Lipinski definition) is 5. The van der Waals surface area contributed by atoms with Gasteiger partial charge in [-0.3, -0.25) is 4.79 Å². The number of aliphatic carboxylic acids is 1. The van der Waals surface area contributed by atoms with E-state index < -0.39 is 11.9 Å². The van der Waals surface area contributed by atoms with E-state index in [0.29, 0.717) is 43.2 Å². The van der Waals surface area contributed by atoms with Crippen molar-refractivity contribution in [3.05, 3.63) is 17.7 Å². The minimum absolute atomic E-state index is 0.104. The van der Waals surface area contributed by atoms with Gasteiger partial charge in [0.25, 0.3) is 0 Å². The van der Waals surface area contributed by atoms with Crippen LogP contribution in [0.15, 0.2) is 12.1 Å². The van der Waals surface area contributed by atoms with E-state index in [4.69, 9.17) is 14.6 Å². The first-order valence-electron chi connectivity index (χ1n) is 6.24. The van der Waals surface area contributed by atoms with Crippen molar-refractivity contribution in [2.75, 3.05) is 19.8 Å². The molecule has 0 amide bonds. The fraction of sp³-hybridized carbons (Fsp3) is 0.462. The van der Waals surface area contributed by atoms with Gasteiger partial charge in [-0.05, 0) is 12.5 Å². The lowest BCUT2D eigenvalue weighted by Crippen LogP contribution is -2.18. The predicted molar refractivity (Wildman–Crippen MR) is 65.6 cm³/mol. The third-order valence-corrected chi connectivity index (χ3v) is 3.55. The van der Waals surface area contributed by atoms with Gasteiger partial charge in [0.05, 0.1) is 5.92 Å². The smallest absolute Gasteiger partial charge is 0.307 e. The van der Waals surface area contributed by atoms with Crippen LogP contribution in [0.25, 0.3) is 0 Å². The van der Waals surface area contributed by atoms with Crippen LogP contribution < -0.4 is 14.8 Å². The van der Waals surface area contributed by atoms with Gasteiger partial charge in [0.15, 0.2) is 11.5 Å². The Hall–Kier alpha value is -1.95. The molecule has 6 nitrogen and oxygen atoms in total. The lowest BCUT2D eigenvalue weighted by atomic mass is 9.99. The fourth-order valence-corrected chi connectivity index (χ4v) is 2.53. The number of hydrogen-bond donors (Lipinski definition) is 3. The van der Waals surface area contributed by atoms with E-state index in [1.807, 2.05) is 0 Å². The molecule has 1 saturated heterocycles. The topological polar surface area (TPSA) is 88.0 Å². The second kappa shape index (κ2) is 4.62. The number of carbonyl (C=O) groups is 1. The van der Waals surface area contributed by atoms with Gasteiger partial charge in [-0.2, -0.15) is 0 Å². The van der Waals surface area contributed by atoms with Crippen LogP contribution >= 0.6 is 0 Å². The molecule has 0 bridgehead atoms. The van der Waals surface area contributed by atoms with Gasteiger partial charge < -0.3 is 25.0 Å². The van der Waals surface area contributed by atoms with E-state index in [-0.39, 0.29) is 11.8 Å². The lowest BCUT2D eigenvalue weighted by molar-refractivity contribution is -0.141. The molecule has 2 aliphatic rings. The Bertz CT molecular complexity index is 516. The van der Waals surface area contributed by atoms with Crippen LogP contribution in [0.5, 0.6) is 17.2 Å². The molecule has 102 valence electrons. The molecule has 0 spiro atoms. The Labute approximate surface area is 110 Å². The molecule has 6 heteroatoms. The van der Waals surface area contributed by atoms with Gasteiger partial charge >= 0.3 is 5.97 Å². The third-order valence-electron chi connectivity index (χ3n) is 3.55. The van der Waals surface area contributed by atoms with E-state index in [1.165, 1.54) is 6.07 Å². The summed E-state index contributed by atoms with van der Waals surface area (Å²) in [4.78, 5) is 10.9. The highest BCUT2D eigenvalue weighted by Crippen LogP contribution is 2.41. The average Bonchev–Trinajstić information content (AvgIpc) is 2.87. The Morgan fingerprint density at radius 2 is 1.95 bits per heavy atom. The molecule has 2 unspecified atom stereocenters. The number of phenols is 1. The Kier molecular flexibility index (Phi) is 2.94. The van der Waals surface area contributed by atoms with Gasteiger partial charge in [0.1, 0.15) is 19.0 Å². The maximum atomic E-state index is 10.9. The number of nitrogens with one attached hydrogen (secondary N) is 1. The second-order valence-electron chi connectivity index (χ2n) is 4.79. The SMILES string of the molecule is O=C(O)C1CNC(c2cc3c(cc2O)OCCO3)C1. The molecule has 0 radical (unpaired) electrons. The highest BCUT2D eigenvalue weighted by atomic mass is 16.6. The van der Waals surface area contributed by atoms with E-state index in [1.54, 1.807) is 6.07 Å².